The minimum Gasteiger partial charge on any atom is -0.459 e. The summed E-state index contributed by atoms with van der Waals surface area (Å²) in [6.07, 6.45) is 2.57. The standard InChI is InChI=1S/C18H22N2O2/c1-13(2)20-10-8-15(12-20)19-18(21)17-16(9-11-22-17)14-6-4-3-5-7-14/h3-7,9,11,13,15H,8,10,12H2,1-2H3,(H,19,21). The molecule has 0 bridgehead atoms. The third-order valence-electron chi connectivity index (χ3n) is 4.24. The summed E-state index contributed by atoms with van der Waals surface area (Å²) < 4.78 is 5.44. The summed E-state index contributed by atoms with van der Waals surface area (Å²) in [6.45, 7) is 6.31. The summed E-state index contributed by atoms with van der Waals surface area (Å²) in [6, 6.07) is 12.4. The van der Waals surface area contributed by atoms with E-state index in [-0.39, 0.29) is 11.9 Å². The molecular weight excluding hydrogens is 276 g/mol. The van der Waals surface area contributed by atoms with Crippen LogP contribution in [0.4, 0.5) is 0 Å². The van der Waals surface area contributed by atoms with Gasteiger partial charge in [-0.05, 0) is 31.9 Å². The Bertz CT molecular complexity index is 634. The number of benzene rings is 1. The monoisotopic (exact) mass is 298 g/mol. The predicted octanol–water partition coefficient (Wildman–Crippen LogP) is 3.16. The van der Waals surface area contributed by atoms with E-state index in [1.165, 1.54) is 0 Å². The molecule has 0 spiro atoms. The first-order chi connectivity index (χ1) is 10.6. The van der Waals surface area contributed by atoms with E-state index in [1.54, 1.807) is 6.26 Å². The highest BCUT2D eigenvalue weighted by molar-refractivity contribution is 5.98. The lowest BCUT2D eigenvalue weighted by Crippen LogP contribution is -2.38. The maximum absolute atomic E-state index is 12.5. The molecule has 22 heavy (non-hydrogen) atoms. The van der Waals surface area contributed by atoms with E-state index in [1.807, 2.05) is 36.4 Å². The van der Waals surface area contributed by atoms with Crippen LogP contribution in [0, 0.1) is 0 Å². The van der Waals surface area contributed by atoms with Gasteiger partial charge in [-0.25, -0.2) is 0 Å². The van der Waals surface area contributed by atoms with Gasteiger partial charge < -0.3 is 9.73 Å². The molecule has 1 aliphatic heterocycles. The molecule has 1 saturated heterocycles. The van der Waals surface area contributed by atoms with Gasteiger partial charge >= 0.3 is 0 Å². The Kier molecular flexibility index (Phi) is 4.29. The lowest BCUT2D eigenvalue weighted by atomic mass is 10.1. The molecule has 1 unspecified atom stereocenters. The molecule has 2 heterocycles. The number of furan rings is 1. The summed E-state index contributed by atoms with van der Waals surface area (Å²) in [5, 5.41) is 3.10. The van der Waals surface area contributed by atoms with Crippen LogP contribution in [0.5, 0.6) is 0 Å². The third-order valence-corrected chi connectivity index (χ3v) is 4.24. The molecule has 3 rings (SSSR count). The summed E-state index contributed by atoms with van der Waals surface area (Å²) in [7, 11) is 0. The molecule has 4 nitrogen and oxygen atoms in total. The summed E-state index contributed by atoms with van der Waals surface area (Å²) >= 11 is 0. The highest BCUT2D eigenvalue weighted by Gasteiger charge is 2.27. The van der Waals surface area contributed by atoms with Crippen molar-refractivity contribution in [1.82, 2.24) is 10.2 Å². The van der Waals surface area contributed by atoms with Crippen LogP contribution in [0.2, 0.25) is 0 Å². The number of rotatable bonds is 4. The van der Waals surface area contributed by atoms with Gasteiger partial charge in [0.2, 0.25) is 0 Å². The van der Waals surface area contributed by atoms with Crippen LogP contribution in [-0.4, -0.2) is 36.0 Å². The lowest BCUT2D eigenvalue weighted by molar-refractivity contribution is 0.0909. The smallest absolute Gasteiger partial charge is 0.287 e. The molecule has 2 aromatic rings. The first kappa shape index (κ1) is 14.9. The van der Waals surface area contributed by atoms with Crippen LogP contribution in [0.25, 0.3) is 11.1 Å². The number of likely N-dealkylation sites (tertiary alicyclic amines) is 1. The maximum atomic E-state index is 12.5. The van der Waals surface area contributed by atoms with Crippen molar-refractivity contribution in [2.75, 3.05) is 13.1 Å². The second kappa shape index (κ2) is 6.36. The van der Waals surface area contributed by atoms with E-state index in [2.05, 4.69) is 24.1 Å². The van der Waals surface area contributed by atoms with Crippen LogP contribution in [0.15, 0.2) is 47.1 Å². The Morgan fingerprint density at radius 2 is 2.05 bits per heavy atom. The first-order valence-corrected chi connectivity index (χ1v) is 7.83. The van der Waals surface area contributed by atoms with Gasteiger partial charge in [-0.3, -0.25) is 9.69 Å². The SMILES string of the molecule is CC(C)N1CCC(NC(=O)c2occc2-c2ccccc2)C1. The van der Waals surface area contributed by atoms with Gasteiger partial charge in [0.1, 0.15) is 0 Å². The van der Waals surface area contributed by atoms with E-state index in [0.29, 0.717) is 11.8 Å². The van der Waals surface area contributed by atoms with Crippen LogP contribution < -0.4 is 5.32 Å². The molecule has 1 aromatic heterocycles. The minimum absolute atomic E-state index is 0.126. The second-order valence-electron chi connectivity index (χ2n) is 6.08. The first-order valence-electron chi connectivity index (χ1n) is 7.83. The average Bonchev–Trinajstić information content (AvgIpc) is 3.17. The van der Waals surface area contributed by atoms with Gasteiger partial charge in [-0.1, -0.05) is 30.3 Å². The van der Waals surface area contributed by atoms with Crippen LogP contribution in [-0.2, 0) is 0 Å². The van der Waals surface area contributed by atoms with Crippen LogP contribution in [0.3, 0.4) is 0 Å². The zero-order valence-electron chi connectivity index (χ0n) is 13.1. The molecule has 0 saturated carbocycles. The third kappa shape index (κ3) is 3.07. The molecule has 1 aromatic carbocycles. The normalized spacial score (nSPS) is 18.8. The molecule has 1 aliphatic rings. The largest absolute Gasteiger partial charge is 0.459 e. The minimum atomic E-state index is -0.126. The van der Waals surface area contributed by atoms with E-state index in [0.717, 1.165) is 30.6 Å². The van der Waals surface area contributed by atoms with Crippen molar-refractivity contribution in [2.24, 2.45) is 0 Å². The van der Waals surface area contributed by atoms with Gasteiger partial charge in [-0.15, -0.1) is 0 Å². The molecule has 1 fully saturated rings. The number of carbonyl (C=O) groups excluding carboxylic acids is 1. The Morgan fingerprint density at radius 1 is 1.27 bits per heavy atom. The zero-order valence-corrected chi connectivity index (χ0v) is 13.1. The number of nitrogens with one attached hydrogen (secondary N) is 1. The Labute approximate surface area is 131 Å². The van der Waals surface area contributed by atoms with Gasteiger partial charge in [0.05, 0.1) is 6.26 Å². The molecule has 116 valence electrons. The van der Waals surface area contributed by atoms with E-state index in [9.17, 15) is 4.79 Å². The van der Waals surface area contributed by atoms with Gasteiger partial charge in [0.25, 0.3) is 5.91 Å². The number of amides is 1. The molecule has 1 amide bonds. The molecule has 0 aliphatic carbocycles. The van der Waals surface area contributed by atoms with Crippen molar-refractivity contribution in [3.05, 3.63) is 48.4 Å². The van der Waals surface area contributed by atoms with Crippen molar-refractivity contribution in [1.29, 1.82) is 0 Å². The van der Waals surface area contributed by atoms with Crippen LogP contribution in [0.1, 0.15) is 30.8 Å². The van der Waals surface area contributed by atoms with Crippen molar-refractivity contribution in [2.45, 2.75) is 32.4 Å². The second-order valence-corrected chi connectivity index (χ2v) is 6.08. The highest BCUT2D eigenvalue weighted by Crippen LogP contribution is 2.25. The fraction of sp³-hybridized carbons (Fsp3) is 0.389. The van der Waals surface area contributed by atoms with E-state index in [4.69, 9.17) is 4.42 Å². The number of carbonyl (C=O) groups is 1. The number of hydrogen-bond acceptors (Lipinski definition) is 3. The van der Waals surface area contributed by atoms with Gasteiger partial charge in [0, 0.05) is 30.7 Å². The topological polar surface area (TPSA) is 45.5 Å². The average molecular weight is 298 g/mol. The molecule has 0 radical (unpaired) electrons. The number of nitrogens with zero attached hydrogens (tertiary/aromatic N) is 1. The molecule has 1 atom stereocenters. The molecule has 4 heteroatoms. The Balaban J connectivity index is 1.71. The Hall–Kier alpha value is -2.07. The predicted molar refractivity (Wildman–Crippen MR) is 86.7 cm³/mol. The number of hydrogen-bond donors (Lipinski definition) is 1. The highest BCUT2D eigenvalue weighted by atomic mass is 16.3. The van der Waals surface area contributed by atoms with Crippen molar-refractivity contribution in [3.63, 3.8) is 0 Å². The van der Waals surface area contributed by atoms with E-state index >= 15 is 0 Å². The van der Waals surface area contributed by atoms with Crippen molar-refractivity contribution < 1.29 is 9.21 Å². The maximum Gasteiger partial charge on any atom is 0.287 e. The summed E-state index contributed by atoms with van der Waals surface area (Å²) in [5.41, 5.74) is 1.84. The fourth-order valence-electron chi connectivity index (χ4n) is 2.96. The van der Waals surface area contributed by atoms with Crippen LogP contribution >= 0.6 is 0 Å². The molecular formula is C18H22N2O2. The Morgan fingerprint density at radius 3 is 2.73 bits per heavy atom. The van der Waals surface area contributed by atoms with Gasteiger partial charge in [-0.2, -0.15) is 0 Å². The fourth-order valence-corrected chi connectivity index (χ4v) is 2.96. The van der Waals surface area contributed by atoms with Gasteiger partial charge in [0.15, 0.2) is 5.76 Å². The lowest BCUT2D eigenvalue weighted by Gasteiger charge is -2.20. The summed E-state index contributed by atoms with van der Waals surface area (Å²) in [5.74, 6) is 0.272. The molecule has 1 N–H and O–H groups in total. The van der Waals surface area contributed by atoms with Crippen molar-refractivity contribution in [3.8, 4) is 11.1 Å². The van der Waals surface area contributed by atoms with Crippen molar-refractivity contribution >= 4 is 5.91 Å². The zero-order chi connectivity index (χ0) is 15.5. The quantitative estimate of drug-likeness (QED) is 0.943. The summed E-state index contributed by atoms with van der Waals surface area (Å²) in [4.78, 5) is 14.9. The van der Waals surface area contributed by atoms with E-state index < -0.39 is 0 Å².